The van der Waals surface area contributed by atoms with Crippen LogP contribution in [0, 0.1) is 0 Å². The van der Waals surface area contributed by atoms with Crippen LogP contribution < -0.4 is 9.47 Å². The fourth-order valence-electron chi connectivity index (χ4n) is 2.86. The zero-order valence-electron chi connectivity index (χ0n) is 16.2. The van der Waals surface area contributed by atoms with Gasteiger partial charge in [-0.25, -0.2) is 0 Å². The standard InChI is InChI=1S/C19H30N4O3.2Na.2H/c1-5-14-12-17(25-6-2)15(24)13-16(14)26-11-9-7-8-10-19(3,4)18-20-22-23-21-18;;;;/h12-13,24H,5-11H2,1-4H3,(H,20,21,22,23);;;;. The fourth-order valence-corrected chi connectivity index (χ4v) is 2.86. The van der Waals surface area contributed by atoms with E-state index in [1.165, 1.54) is 0 Å². The number of hydrogen-bond acceptors (Lipinski definition) is 6. The van der Waals surface area contributed by atoms with Gasteiger partial charge >= 0.3 is 59.1 Å². The first-order valence-electron chi connectivity index (χ1n) is 9.33. The van der Waals surface area contributed by atoms with E-state index in [-0.39, 0.29) is 70.3 Å². The molecule has 0 bridgehead atoms. The predicted octanol–water partition coefficient (Wildman–Crippen LogP) is 2.49. The van der Waals surface area contributed by atoms with E-state index in [9.17, 15) is 5.11 Å². The van der Waals surface area contributed by atoms with Gasteiger partial charge in [0.05, 0.1) is 13.2 Å². The summed E-state index contributed by atoms with van der Waals surface area (Å²) >= 11 is 0. The van der Waals surface area contributed by atoms with Gasteiger partial charge in [-0.1, -0.05) is 38.8 Å². The number of ether oxygens (including phenoxy) is 2. The molecule has 9 heteroatoms. The Labute approximate surface area is 211 Å². The van der Waals surface area contributed by atoms with Crippen LogP contribution in [0.5, 0.6) is 17.2 Å². The molecule has 148 valence electrons. The van der Waals surface area contributed by atoms with Crippen molar-refractivity contribution in [1.29, 1.82) is 0 Å². The quantitative estimate of drug-likeness (QED) is 0.437. The second-order valence-electron chi connectivity index (χ2n) is 6.99. The first kappa shape index (κ1) is 27.7. The normalized spacial score (nSPS) is 10.7. The maximum atomic E-state index is 10.0. The molecule has 1 aromatic carbocycles. The first-order chi connectivity index (χ1) is 12.5. The van der Waals surface area contributed by atoms with Crippen molar-refractivity contribution in [1.82, 2.24) is 20.6 Å². The van der Waals surface area contributed by atoms with Crippen LogP contribution in [-0.2, 0) is 11.8 Å². The number of nitrogens with zero attached hydrogens (tertiary/aromatic N) is 3. The summed E-state index contributed by atoms with van der Waals surface area (Å²) in [5, 5.41) is 24.4. The van der Waals surface area contributed by atoms with Gasteiger partial charge in [-0.2, -0.15) is 5.21 Å². The van der Waals surface area contributed by atoms with Crippen molar-refractivity contribution >= 4 is 59.1 Å². The number of aromatic hydroxyl groups is 1. The number of benzene rings is 1. The monoisotopic (exact) mass is 410 g/mol. The van der Waals surface area contributed by atoms with E-state index < -0.39 is 0 Å². The molecule has 2 aromatic rings. The van der Waals surface area contributed by atoms with E-state index in [1.54, 1.807) is 6.07 Å². The molecule has 28 heavy (non-hydrogen) atoms. The third-order valence-electron chi connectivity index (χ3n) is 4.48. The number of unbranched alkanes of at least 4 members (excludes halogenated alkanes) is 2. The van der Waals surface area contributed by atoms with E-state index >= 15 is 0 Å². The van der Waals surface area contributed by atoms with Crippen LogP contribution in [0.3, 0.4) is 0 Å². The Hall–Kier alpha value is -0.310. The number of hydrogen-bond donors (Lipinski definition) is 2. The minimum atomic E-state index is -0.0792. The summed E-state index contributed by atoms with van der Waals surface area (Å²) in [6.45, 7) is 9.37. The van der Waals surface area contributed by atoms with Gasteiger partial charge in [0.15, 0.2) is 17.3 Å². The first-order valence-corrected chi connectivity index (χ1v) is 9.33. The number of phenolic OH excluding ortho intramolecular Hbond substituents is 1. The summed E-state index contributed by atoms with van der Waals surface area (Å²) < 4.78 is 11.3. The van der Waals surface area contributed by atoms with E-state index in [0.717, 1.165) is 49.2 Å². The molecule has 0 aliphatic rings. The molecule has 7 nitrogen and oxygen atoms in total. The Morgan fingerprint density at radius 1 is 1.04 bits per heavy atom. The van der Waals surface area contributed by atoms with Crippen molar-refractivity contribution in [3.05, 3.63) is 23.5 Å². The van der Waals surface area contributed by atoms with Gasteiger partial charge < -0.3 is 14.6 Å². The molecule has 2 rings (SSSR count). The van der Waals surface area contributed by atoms with Gasteiger partial charge in [0.25, 0.3) is 0 Å². The topological polar surface area (TPSA) is 93.2 Å². The second-order valence-corrected chi connectivity index (χ2v) is 6.99. The molecule has 0 saturated heterocycles. The van der Waals surface area contributed by atoms with Gasteiger partial charge in [-0.3, -0.25) is 0 Å². The molecule has 1 heterocycles. The van der Waals surface area contributed by atoms with Crippen molar-refractivity contribution < 1.29 is 14.6 Å². The van der Waals surface area contributed by atoms with Gasteiger partial charge in [-0.15, -0.1) is 10.2 Å². The molecule has 0 spiro atoms. The van der Waals surface area contributed by atoms with E-state index in [2.05, 4.69) is 41.4 Å². The van der Waals surface area contributed by atoms with Crippen molar-refractivity contribution in [2.75, 3.05) is 13.2 Å². The van der Waals surface area contributed by atoms with Crippen molar-refractivity contribution in [2.24, 2.45) is 0 Å². The third-order valence-corrected chi connectivity index (χ3v) is 4.48. The van der Waals surface area contributed by atoms with Crippen LogP contribution in [0.4, 0.5) is 0 Å². The summed E-state index contributed by atoms with van der Waals surface area (Å²) in [7, 11) is 0. The Kier molecular flexibility index (Phi) is 13.7. The van der Waals surface area contributed by atoms with Crippen LogP contribution >= 0.6 is 0 Å². The maximum absolute atomic E-state index is 10.0. The van der Waals surface area contributed by atoms with Crippen molar-refractivity contribution in [3.63, 3.8) is 0 Å². The SMILES string of the molecule is CCOc1cc(CC)c(OCCCCCC(C)(C)c2nn[nH]n2)cc1O.[NaH].[NaH]. The summed E-state index contributed by atoms with van der Waals surface area (Å²) in [5.74, 6) is 2.13. The summed E-state index contributed by atoms with van der Waals surface area (Å²) in [5.41, 5.74) is 0.967. The van der Waals surface area contributed by atoms with Gasteiger partial charge in [0, 0.05) is 11.5 Å². The van der Waals surface area contributed by atoms with Crippen LogP contribution in [0.2, 0.25) is 0 Å². The van der Waals surface area contributed by atoms with Gasteiger partial charge in [0.2, 0.25) is 0 Å². The minimum absolute atomic E-state index is 0. The molecule has 0 aliphatic carbocycles. The number of aryl methyl sites for hydroxylation is 1. The number of rotatable bonds is 11. The Bertz CT molecular complexity index is 682. The number of aromatic nitrogens is 4. The number of phenols is 1. The van der Waals surface area contributed by atoms with Crippen LogP contribution in [0.1, 0.15) is 64.8 Å². The zero-order chi connectivity index (χ0) is 19.0. The van der Waals surface area contributed by atoms with Crippen molar-refractivity contribution in [3.8, 4) is 17.2 Å². The van der Waals surface area contributed by atoms with Gasteiger partial charge in [-0.05, 0) is 37.8 Å². The number of nitrogens with one attached hydrogen (secondary N) is 1. The van der Waals surface area contributed by atoms with E-state index in [1.807, 2.05) is 13.0 Å². The van der Waals surface area contributed by atoms with Crippen LogP contribution in [0.25, 0.3) is 0 Å². The number of aromatic amines is 1. The molecule has 0 aliphatic heterocycles. The molecule has 1 aromatic heterocycles. The third kappa shape index (κ3) is 8.20. The predicted molar refractivity (Wildman–Crippen MR) is 114 cm³/mol. The van der Waals surface area contributed by atoms with E-state index in [4.69, 9.17) is 9.47 Å². The molecule has 0 radical (unpaired) electrons. The summed E-state index contributed by atoms with van der Waals surface area (Å²) in [6.07, 6.45) is 4.91. The number of tetrazole rings is 1. The van der Waals surface area contributed by atoms with Crippen LogP contribution in [-0.4, -0.2) is 98.1 Å². The van der Waals surface area contributed by atoms with E-state index in [0.29, 0.717) is 19.0 Å². The Morgan fingerprint density at radius 3 is 2.39 bits per heavy atom. The molecular formula is C19H32N4Na2O3. The van der Waals surface area contributed by atoms with Gasteiger partial charge in [0.1, 0.15) is 5.75 Å². The Balaban J connectivity index is 0.00000364. The van der Waals surface area contributed by atoms with Crippen LogP contribution in [0.15, 0.2) is 12.1 Å². The fraction of sp³-hybridized carbons (Fsp3) is 0.632. The molecule has 0 unspecified atom stereocenters. The average molecular weight is 410 g/mol. The van der Waals surface area contributed by atoms with Crippen molar-refractivity contribution in [2.45, 2.75) is 65.2 Å². The molecule has 0 atom stereocenters. The summed E-state index contributed by atoms with van der Waals surface area (Å²) in [4.78, 5) is 0. The molecule has 0 amide bonds. The molecule has 0 fully saturated rings. The summed E-state index contributed by atoms with van der Waals surface area (Å²) in [6, 6.07) is 3.52. The average Bonchev–Trinajstić information content (AvgIpc) is 3.15. The molecular weight excluding hydrogens is 378 g/mol. The molecule has 0 saturated carbocycles. The zero-order valence-corrected chi connectivity index (χ0v) is 16.2. The number of H-pyrrole nitrogens is 1. The molecule has 2 N–H and O–H groups in total. The Morgan fingerprint density at radius 2 is 1.79 bits per heavy atom. The second kappa shape index (κ2) is 13.8.